The Morgan fingerprint density at radius 2 is 1.87 bits per heavy atom. The van der Waals surface area contributed by atoms with Crippen molar-refractivity contribution >= 4 is 17.6 Å². The monoisotopic (exact) mass is 207 g/mol. The molecule has 15 heavy (non-hydrogen) atoms. The van der Waals surface area contributed by atoms with E-state index in [9.17, 15) is 9.59 Å². The molecule has 1 rings (SSSR count). The van der Waals surface area contributed by atoms with Crippen molar-refractivity contribution in [3.8, 4) is 0 Å². The van der Waals surface area contributed by atoms with Gasteiger partial charge in [-0.25, -0.2) is 4.79 Å². The minimum atomic E-state index is -0.513. The molecule has 1 amide bonds. The predicted molar refractivity (Wildman–Crippen MR) is 56.0 cm³/mol. The lowest BCUT2D eigenvalue weighted by atomic mass is 10.3. The van der Waals surface area contributed by atoms with Gasteiger partial charge in [0, 0.05) is 13.3 Å². The number of nitrogens with zero attached hydrogens (tertiary/aromatic N) is 1. The number of benzene rings is 1. The fourth-order valence-corrected chi connectivity index (χ4v) is 1.08. The second-order valence-electron chi connectivity index (χ2n) is 2.96. The summed E-state index contributed by atoms with van der Waals surface area (Å²) >= 11 is 0. The van der Waals surface area contributed by atoms with E-state index in [0.717, 1.165) is 5.06 Å². The van der Waals surface area contributed by atoms with Crippen molar-refractivity contribution < 1.29 is 14.4 Å². The second kappa shape index (κ2) is 5.14. The van der Waals surface area contributed by atoms with Crippen molar-refractivity contribution in [3.63, 3.8) is 0 Å². The van der Waals surface area contributed by atoms with Crippen molar-refractivity contribution in [3.05, 3.63) is 30.3 Å². The number of para-hydroxylation sites is 1. The summed E-state index contributed by atoms with van der Waals surface area (Å²) in [7, 11) is 0. The van der Waals surface area contributed by atoms with Crippen molar-refractivity contribution in [2.75, 3.05) is 5.06 Å². The summed E-state index contributed by atoms with van der Waals surface area (Å²) in [5.41, 5.74) is 0.555. The third-order valence-corrected chi connectivity index (χ3v) is 1.74. The number of hydrogen-bond donors (Lipinski definition) is 0. The van der Waals surface area contributed by atoms with E-state index in [2.05, 4.69) is 0 Å². The molecule has 0 unspecified atom stereocenters. The molecule has 1 aromatic carbocycles. The molecule has 0 spiro atoms. The number of amides is 1. The highest BCUT2D eigenvalue weighted by atomic mass is 16.7. The molecule has 0 aliphatic rings. The van der Waals surface area contributed by atoms with Crippen molar-refractivity contribution in [2.45, 2.75) is 20.3 Å². The van der Waals surface area contributed by atoms with Crippen molar-refractivity contribution in [2.24, 2.45) is 0 Å². The highest BCUT2D eigenvalue weighted by molar-refractivity contribution is 5.92. The van der Waals surface area contributed by atoms with Gasteiger partial charge in [-0.1, -0.05) is 25.1 Å². The first-order valence-electron chi connectivity index (χ1n) is 4.71. The zero-order valence-electron chi connectivity index (χ0n) is 8.77. The van der Waals surface area contributed by atoms with Crippen LogP contribution in [0, 0.1) is 0 Å². The molecule has 80 valence electrons. The van der Waals surface area contributed by atoms with E-state index in [1.807, 2.05) is 6.07 Å². The van der Waals surface area contributed by atoms with Crippen LogP contribution in [0.25, 0.3) is 0 Å². The van der Waals surface area contributed by atoms with Gasteiger partial charge < -0.3 is 4.84 Å². The Hall–Kier alpha value is -1.84. The standard InChI is InChI=1S/C11H13NO3/c1-3-11(14)12(15-9(2)13)10-7-5-4-6-8-10/h4-8H,3H2,1-2H3. The van der Waals surface area contributed by atoms with Gasteiger partial charge in [-0.3, -0.25) is 4.79 Å². The number of hydroxylamine groups is 1. The van der Waals surface area contributed by atoms with Crippen molar-refractivity contribution in [1.29, 1.82) is 0 Å². The summed E-state index contributed by atoms with van der Waals surface area (Å²) in [6.45, 7) is 2.97. The molecule has 4 nitrogen and oxygen atoms in total. The van der Waals surface area contributed by atoms with Crippen LogP contribution in [0.15, 0.2) is 30.3 Å². The topological polar surface area (TPSA) is 46.6 Å². The second-order valence-corrected chi connectivity index (χ2v) is 2.96. The Morgan fingerprint density at radius 3 is 2.33 bits per heavy atom. The quantitative estimate of drug-likeness (QED) is 0.696. The van der Waals surface area contributed by atoms with Gasteiger partial charge in [-0.15, -0.1) is 5.06 Å². The van der Waals surface area contributed by atoms with Gasteiger partial charge in [0.15, 0.2) is 0 Å². The third-order valence-electron chi connectivity index (χ3n) is 1.74. The summed E-state index contributed by atoms with van der Waals surface area (Å²) in [6.07, 6.45) is 0.280. The Bertz CT molecular complexity index is 348. The molecule has 0 saturated heterocycles. The van der Waals surface area contributed by atoms with Gasteiger partial charge in [0.05, 0.1) is 5.69 Å². The lowest BCUT2D eigenvalue weighted by Gasteiger charge is -2.19. The van der Waals surface area contributed by atoms with Crippen LogP contribution < -0.4 is 5.06 Å². The lowest BCUT2D eigenvalue weighted by Crippen LogP contribution is -2.32. The van der Waals surface area contributed by atoms with Gasteiger partial charge >= 0.3 is 5.97 Å². The minimum absolute atomic E-state index is 0.253. The van der Waals surface area contributed by atoms with E-state index in [4.69, 9.17) is 4.84 Å². The minimum Gasteiger partial charge on any atom is -0.334 e. The van der Waals surface area contributed by atoms with Gasteiger partial charge in [0.2, 0.25) is 0 Å². The summed E-state index contributed by atoms with van der Waals surface area (Å²) in [6, 6.07) is 8.78. The number of anilines is 1. The zero-order chi connectivity index (χ0) is 11.3. The predicted octanol–water partition coefficient (Wildman–Crippen LogP) is 1.91. The molecule has 0 N–H and O–H groups in total. The first-order chi connectivity index (χ1) is 7.15. The van der Waals surface area contributed by atoms with Gasteiger partial charge in [0.1, 0.15) is 0 Å². The van der Waals surface area contributed by atoms with E-state index in [1.54, 1.807) is 31.2 Å². The highest BCUT2D eigenvalue weighted by Gasteiger charge is 2.16. The van der Waals surface area contributed by atoms with Gasteiger partial charge in [-0.2, -0.15) is 0 Å². The molecular weight excluding hydrogens is 194 g/mol. The van der Waals surface area contributed by atoms with Crippen LogP contribution in [0.4, 0.5) is 5.69 Å². The lowest BCUT2D eigenvalue weighted by molar-refractivity contribution is -0.148. The van der Waals surface area contributed by atoms with E-state index < -0.39 is 5.97 Å². The molecule has 0 aromatic heterocycles. The number of carbonyl (C=O) groups is 2. The van der Waals surface area contributed by atoms with Crippen LogP contribution in [-0.4, -0.2) is 11.9 Å². The molecule has 0 saturated carbocycles. The van der Waals surface area contributed by atoms with E-state index in [1.165, 1.54) is 6.92 Å². The SMILES string of the molecule is CCC(=O)N(OC(C)=O)c1ccccc1. The Kier molecular flexibility index (Phi) is 3.85. The molecule has 0 radical (unpaired) electrons. The first-order valence-corrected chi connectivity index (χ1v) is 4.71. The maximum atomic E-state index is 11.5. The molecule has 0 fully saturated rings. The first kappa shape index (κ1) is 11.2. The third kappa shape index (κ3) is 3.09. The van der Waals surface area contributed by atoms with Crippen LogP contribution in [0.1, 0.15) is 20.3 Å². The molecule has 1 aromatic rings. The number of rotatable bonds is 2. The zero-order valence-corrected chi connectivity index (χ0v) is 8.77. The maximum absolute atomic E-state index is 11.5. The van der Waals surface area contributed by atoms with Crippen LogP contribution >= 0.6 is 0 Å². The summed E-state index contributed by atoms with van der Waals surface area (Å²) < 4.78 is 0. The van der Waals surface area contributed by atoms with Crippen LogP contribution in [0.2, 0.25) is 0 Å². The largest absolute Gasteiger partial charge is 0.334 e. The average molecular weight is 207 g/mol. The Morgan fingerprint density at radius 1 is 1.27 bits per heavy atom. The Balaban J connectivity index is 2.91. The van der Waals surface area contributed by atoms with E-state index >= 15 is 0 Å². The fraction of sp³-hybridized carbons (Fsp3) is 0.273. The fourth-order valence-electron chi connectivity index (χ4n) is 1.08. The summed E-state index contributed by atoms with van der Waals surface area (Å²) in [5.74, 6) is -0.767. The van der Waals surface area contributed by atoms with Gasteiger partial charge in [-0.05, 0) is 12.1 Å². The highest BCUT2D eigenvalue weighted by Crippen LogP contribution is 2.14. The normalized spacial score (nSPS) is 9.47. The van der Waals surface area contributed by atoms with E-state index in [0.29, 0.717) is 5.69 Å². The summed E-state index contributed by atoms with van der Waals surface area (Å²) in [4.78, 5) is 27.2. The smallest absolute Gasteiger partial charge is 0.330 e. The van der Waals surface area contributed by atoms with Gasteiger partial charge in [0.25, 0.3) is 5.91 Å². The van der Waals surface area contributed by atoms with E-state index in [-0.39, 0.29) is 12.3 Å². The van der Waals surface area contributed by atoms with Crippen LogP contribution in [0.3, 0.4) is 0 Å². The average Bonchev–Trinajstić information content (AvgIpc) is 2.26. The van der Waals surface area contributed by atoms with Crippen molar-refractivity contribution in [1.82, 2.24) is 0 Å². The van der Waals surface area contributed by atoms with Crippen LogP contribution in [0.5, 0.6) is 0 Å². The Labute approximate surface area is 88.4 Å². The molecular formula is C11H13NO3. The molecule has 0 aliphatic heterocycles. The number of carbonyl (C=O) groups excluding carboxylic acids is 2. The number of hydrogen-bond acceptors (Lipinski definition) is 3. The molecule has 4 heteroatoms. The molecule has 0 bridgehead atoms. The molecule has 0 heterocycles. The summed E-state index contributed by atoms with van der Waals surface area (Å²) in [5, 5.41) is 1.02. The molecule has 0 aliphatic carbocycles. The maximum Gasteiger partial charge on any atom is 0.330 e. The van der Waals surface area contributed by atoms with Crippen LogP contribution in [-0.2, 0) is 14.4 Å². The molecule has 0 atom stereocenters.